The molecule has 0 radical (unpaired) electrons. The maximum absolute atomic E-state index is 2.54. The van der Waals surface area contributed by atoms with Gasteiger partial charge in [0.25, 0.3) is 0 Å². The molecule has 0 aromatic heterocycles. The largest absolute Gasteiger partial charge is 0.0874 e. The van der Waals surface area contributed by atoms with E-state index in [2.05, 4.69) is 60.6 Å². The Hall–Kier alpha value is -0.520. The summed E-state index contributed by atoms with van der Waals surface area (Å²) in [5.41, 5.74) is 3.70. The molecule has 0 bridgehead atoms. The van der Waals surface area contributed by atoms with Crippen LogP contribution >= 0.6 is 0 Å². The van der Waals surface area contributed by atoms with Crippen LogP contribution in [0.2, 0.25) is 0 Å². The molecule has 1 aliphatic rings. The fourth-order valence-electron chi connectivity index (χ4n) is 4.71. The Bertz CT molecular complexity index is 356. The van der Waals surface area contributed by atoms with E-state index in [0.29, 0.717) is 5.41 Å². The molecule has 4 atom stereocenters. The van der Waals surface area contributed by atoms with Crippen molar-refractivity contribution in [3.05, 3.63) is 23.3 Å². The van der Waals surface area contributed by atoms with Crippen molar-refractivity contribution in [2.75, 3.05) is 0 Å². The van der Waals surface area contributed by atoms with Crippen LogP contribution in [0.3, 0.4) is 0 Å². The first-order valence-corrected chi connectivity index (χ1v) is 8.75. The Kier molecular flexibility index (Phi) is 6.55. The molecule has 0 N–H and O–H groups in total. The molecule has 0 aliphatic heterocycles. The Morgan fingerprint density at radius 2 is 1.80 bits per heavy atom. The second-order valence-electron chi connectivity index (χ2n) is 7.19. The van der Waals surface area contributed by atoms with Crippen molar-refractivity contribution < 1.29 is 0 Å². The van der Waals surface area contributed by atoms with Gasteiger partial charge in [-0.3, -0.25) is 0 Å². The number of rotatable bonds is 5. The fraction of sp³-hybridized carbons (Fsp3) is 0.800. The molecule has 0 aromatic rings. The molecule has 0 aromatic carbocycles. The molecule has 0 saturated heterocycles. The van der Waals surface area contributed by atoms with Crippen LogP contribution in [0, 0.1) is 23.2 Å². The first-order chi connectivity index (χ1) is 9.45. The summed E-state index contributed by atoms with van der Waals surface area (Å²) in [6, 6.07) is 0. The number of allylic oxidation sites excluding steroid dienone is 4. The first kappa shape index (κ1) is 17.5. The van der Waals surface area contributed by atoms with E-state index < -0.39 is 0 Å². The molecule has 116 valence electrons. The molecule has 0 amide bonds. The first-order valence-electron chi connectivity index (χ1n) is 8.75. The topological polar surface area (TPSA) is 0 Å². The van der Waals surface area contributed by atoms with Crippen molar-refractivity contribution in [3.8, 4) is 0 Å². The van der Waals surface area contributed by atoms with Gasteiger partial charge in [0, 0.05) is 0 Å². The Morgan fingerprint density at radius 3 is 2.20 bits per heavy atom. The lowest BCUT2D eigenvalue weighted by atomic mass is 9.55. The van der Waals surface area contributed by atoms with Gasteiger partial charge < -0.3 is 0 Å². The minimum Gasteiger partial charge on any atom is -0.0874 e. The highest BCUT2D eigenvalue weighted by molar-refractivity contribution is 5.28. The molecule has 20 heavy (non-hydrogen) atoms. The zero-order valence-corrected chi connectivity index (χ0v) is 14.9. The van der Waals surface area contributed by atoms with Crippen LogP contribution in [0.4, 0.5) is 0 Å². The maximum Gasteiger partial charge on any atom is -0.0131 e. The van der Waals surface area contributed by atoms with Crippen molar-refractivity contribution in [2.24, 2.45) is 23.2 Å². The highest BCUT2D eigenvalue weighted by Gasteiger charge is 2.44. The molecule has 1 rings (SSSR count). The monoisotopic (exact) mass is 276 g/mol. The van der Waals surface area contributed by atoms with E-state index in [1.165, 1.54) is 37.7 Å². The predicted octanol–water partition coefficient (Wildman–Crippen LogP) is 6.78. The summed E-state index contributed by atoms with van der Waals surface area (Å²) in [4.78, 5) is 0. The highest BCUT2D eigenvalue weighted by atomic mass is 14.5. The summed E-state index contributed by atoms with van der Waals surface area (Å²) in [5, 5.41) is 0. The van der Waals surface area contributed by atoms with Gasteiger partial charge in [0.05, 0.1) is 0 Å². The number of hydrogen-bond acceptors (Lipinski definition) is 0. The summed E-state index contributed by atoms with van der Waals surface area (Å²) in [6.45, 7) is 16.5. The smallest absolute Gasteiger partial charge is 0.0131 e. The van der Waals surface area contributed by atoms with Crippen molar-refractivity contribution >= 4 is 0 Å². The maximum atomic E-state index is 2.54. The average Bonchev–Trinajstić information content (AvgIpc) is 2.44. The molecule has 1 saturated carbocycles. The van der Waals surface area contributed by atoms with Crippen molar-refractivity contribution in [1.82, 2.24) is 0 Å². The lowest BCUT2D eigenvalue weighted by molar-refractivity contribution is 0.0196. The summed E-state index contributed by atoms with van der Waals surface area (Å²) < 4.78 is 0. The molecule has 0 heteroatoms. The molecular weight excluding hydrogens is 240 g/mol. The van der Waals surface area contributed by atoms with Gasteiger partial charge in [-0.05, 0) is 62.4 Å². The van der Waals surface area contributed by atoms with Gasteiger partial charge in [0.2, 0.25) is 0 Å². The van der Waals surface area contributed by atoms with E-state index in [1.54, 1.807) is 5.57 Å². The zero-order chi connectivity index (χ0) is 15.3. The average molecular weight is 277 g/mol. The summed E-state index contributed by atoms with van der Waals surface area (Å²) in [7, 11) is 0. The van der Waals surface area contributed by atoms with Gasteiger partial charge in [0.1, 0.15) is 0 Å². The lowest BCUT2D eigenvalue weighted by Gasteiger charge is -2.50. The Labute approximate surface area is 127 Å². The van der Waals surface area contributed by atoms with Crippen LogP contribution in [-0.2, 0) is 0 Å². The van der Waals surface area contributed by atoms with Gasteiger partial charge in [0.15, 0.2) is 0 Å². The quantitative estimate of drug-likeness (QED) is 0.486. The van der Waals surface area contributed by atoms with Gasteiger partial charge >= 0.3 is 0 Å². The summed E-state index contributed by atoms with van der Waals surface area (Å²) in [5.74, 6) is 2.53. The fourth-order valence-corrected chi connectivity index (χ4v) is 4.71. The summed E-state index contributed by atoms with van der Waals surface area (Å²) >= 11 is 0. The van der Waals surface area contributed by atoms with Crippen LogP contribution < -0.4 is 0 Å². The van der Waals surface area contributed by atoms with Crippen LogP contribution in [0.15, 0.2) is 23.3 Å². The van der Waals surface area contributed by atoms with Gasteiger partial charge in [-0.15, -0.1) is 0 Å². The second-order valence-corrected chi connectivity index (χ2v) is 7.19. The van der Waals surface area contributed by atoms with Gasteiger partial charge in [-0.25, -0.2) is 0 Å². The van der Waals surface area contributed by atoms with Crippen LogP contribution in [0.25, 0.3) is 0 Å². The minimum absolute atomic E-state index is 0.564. The van der Waals surface area contributed by atoms with E-state index in [9.17, 15) is 0 Å². The van der Waals surface area contributed by atoms with Crippen LogP contribution in [0.1, 0.15) is 80.6 Å². The third-order valence-corrected chi connectivity index (χ3v) is 6.00. The third kappa shape index (κ3) is 3.38. The molecule has 1 fully saturated rings. The van der Waals surface area contributed by atoms with Crippen LogP contribution in [0.5, 0.6) is 0 Å². The summed E-state index contributed by atoms with van der Waals surface area (Å²) in [6.07, 6.45) is 11.4. The minimum atomic E-state index is 0.564. The molecule has 0 nitrogen and oxygen atoms in total. The lowest BCUT2D eigenvalue weighted by Crippen LogP contribution is -2.41. The van der Waals surface area contributed by atoms with Gasteiger partial charge in [-0.1, -0.05) is 64.7 Å². The molecular formula is C20H36. The predicted molar refractivity (Wildman–Crippen MR) is 91.9 cm³/mol. The molecule has 0 spiro atoms. The normalized spacial score (nSPS) is 34.5. The van der Waals surface area contributed by atoms with Crippen LogP contribution in [-0.4, -0.2) is 0 Å². The van der Waals surface area contributed by atoms with E-state index in [0.717, 1.165) is 17.8 Å². The van der Waals surface area contributed by atoms with E-state index in [4.69, 9.17) is 0 Å². The third-order valence-electron chi connectivity index (χ3n) is 6.00. The van der Waals surface area contributed by atoms with E-state index >= 15 is 0 Å². The van der Waals surface area contributed by atoms with E-state index in [1.807, 2.05) is 0 Å². The van der Waals surface area contributed by atoms with Gasteiger partial charge in [-0.2, -0.15) is 0 Å². The molecule has 4 unspecified atom stereocenters. The van der Waals surface area contributed by atoms with Crippen molar-refractivity contribution in [3.63, 3.8) is 0 Å². The number of hydrogen-bond donors (Lipinski definition) is 0. The highest BCUT2D eigenvalue weighted by Crippen LogP contribution is 2.53. The van der Waals surface area contributed by atoms with E-state index in [-0.39, 0.29) is 0 Å². The second kappa shape index (κ2) is 7.48. The Morgan fingerprint density at radius 1 is 1.15 bits per heavy atom. The SMILES string of the molecule is C/C=C\C(=C(C)C)C1CCC(C)(CC)C(CC)C1CC. The van der Waals surface area contributed by atoms with Crippen molar-refractivity contribution in [2.45, 2.75) is 80.6 Å². The molecule has 0 heterocycles. The zero-order valence-electron chi connectivity index (χ0n) is 14.9. The molecule has 1 aliphatic carbocycles. The van der Waals surface area contributed by atoms with Crippen molar-refractivity contribution in [1.29, 1.82) is 0 Å². The standard InChI is InChI=1S/C20H36/c1-8-12-17(15(5)6)18-13-14-20(7,11-4)19(10-3)16(18)9-2/h8,12,16,18-19H,9-11,13-14H2,1-7H3/b12-8-. The Balaban J connectivity index is 3.15.